The molecule has 1 rings (SSSR count). The van der Waals surface area contributed by atoms with E-state index in [4.69, 9.17) is 0 Å². The highest BCUT2D eigenvalue weighted by Gasteiger charge is 2.16. The minimum atomic E-state index is -1.00. The molecule has 0 saturated carbocycles. The molecule has 0 saturated heterocycles. The van der Waals surface area contributed by atoms with Gasteiger partial charge in [-0.15, -0.1) is 0 Å². The number of carbonyl (C=O) groups is 2. The molecule has 0 heterocycles. The number of quaternary nitrogens is 1. The number of phenols is 1. The van der Waals surface area contributed by atoms with E-state index in [2.05, 4.69) is 33.0 Å². The predicted molar refractivity (Wildman–Crippen MR) is 116 cm³/mol. The normalized spacial score (nSPS) is 10.8. The van der Waals surface area contributed by atoms with Gasteiger partial charge in [-0.05, 0) is 59.1 Å². The van der Waals surface area contributed by atoms with E-state index in [1.807, 2.05) is 0 Å². The second-order valence-corrected chi connectivity index (χ2v) is 7.27. The van der Waals surface area contributed by atoms with Gasteiger partial charge in [0.25, 0.3) is 5.91 Å². The van der Waals surface area contributed by atoms with E-state index in [1.165, 1.54) is 36.7 Å². The van der Waals surface area contributed by atoms with Crippen molar-refractivity contribution in [2.75, 3.05) is 32.7 Å². The van der Waals surface area contributed by atoms with E-state index >= 15 is 0 Å². The number of nitrogens with zero attached hydrogens (tertiary/aromatic N) is 1. The van der Waals surface area contributed by atoms with Crippen molar-refractivity contribution in [1.82, 2.24) is 5.32 Å². The fourth-order valence-corrected chi connectivity index (χ4v) is 3.23. The van der Waals surface area contributed by atoms with Crippen molar-refractivity contribution in [1.29, 1.82) is 0 Å². The van der Waals surface area contributed by atoms with Crippen LogP contribution >= 0.6 is 0 Å². The number of carboxylic acid groups (broad SMARTS) is 1. The highest BCUT2D eigenvalue weighted by molar-refractivity contribution is 5.96. The third-order valence-corrected chi connectivity index (χ3v) is 5.68. The number of benzene rings is 1. The van der Waals surface area contributed by atoms with Crippen LogP contribution < -0.4 is 10.4 Å². The first-order valence-electron chi connectivity index (χ1n) is 11.0. The number of amides is 1. The Morgan fingerprint density at radius 1 is 0.897 bits per heavy atom. The number of unbranched alkanes of at least 4 members (excludes halogenated alkanes) is 4. The molecule has 0 unspecified atom stereocenters. The number of hydrogen-bond acceptors (Lipinski definition) is 4. The second-order valence-electron chi connectivity index (χ2n) is 7.27. The van der Waals surface area contributed by atoms with Crippen molar-refractivity contribution in [3.8, 4) is 5.75 Å². The van der Waals surface area contributed by atoms with Crippen LogP contribution in [0.3, 0.4) is 0 Å². The lowest BCUT2D eigenvalue weighted by atomic mass is 10.1. The Bertz CT molecular complexity index is 568. The number of phenolic OH excluding ortho intramolecular Hbond substituents is 1. The minimum absolute atomic E-state index is 0.0210. The molecule has 2 N–H and O–H groups in total. The van der Waals surface area contributed by atoms with E-state index in [1.54, 1.807) is 18.2 Å². The largest absolute Gasteiger partial charge is 0.550 e. The summed E-state index contributed by atoms with van der Waals surface area (Å²) in [6.07, 6.45) is 4.34. The van der Waals surface area contributed by atoms with E-state index in [-0.39, 0.29) is 23.6 Å². The standard InChI is InChI=1S/C15H21NO4.C8H20N/c17-13-9-6-5-8-12(13)15(20)16-11-7-3-1-2-4-10-14(18)19;1-5-9(6-2,7-3)8-4/h5-6,8-9,17H,1-4,7,10-11H2,(H,16,20)(H,18,19);5-8H2,1-4H3/q;+1/p-1. The highest BCUT2D eigenvalue weighted by Crippen LogP contribution is 2.15. The zero-order chi connectivity index (χ0) is 22.1. The van der Waals surface area contributed by atoms with Crippen LogP contribution in [0.2, 0.25) is 0 Å². The summed E-state index contributed by atoms with van der Waals surface area (Å²) in [5, 5.41) is 22.5. The zero-order valence-corrected chi connectivity index (χ0v) is 18.7. The lowest BCUT2D eigenvalue weighted by Gasteiger charge is -2.34. The van der Waals surface area contributed by atoms with Gasteiger partial charge >= 0.3 is 0 Å². The van der Waals surface area contributed by atoms with Crippen molar-refractivity contribution >= 4 is 11.9 Å². The topological polar surface area (TPSA) is 89.5 Å². The van der Waals surface area contributed by atoms with Crippen molar-refractivity contribution in [3.05, 3.63) is 29.8 Å². The van der Waals surface area contributed by atoms with Gasteiger partial charge in [0.05, 0.1) is 31.7 Å². The quantitative estimate of drug-likeness (QED) is 0.388. The molecule has 0 aliphatic rings. The molecular formula is C23H40N2O4. The number of carboxylic acids is 1. The maximum atomic E-state index is 11.7. The predicted octanol–water partition coefficient (Wildman–Crippen LogP) is 3.10. The van der Waals surface area contributed by atoms with Crippen LogP contribution in [0.4, 0.5) is 0 Å². The molecule has 0 radical (unpaired) electrons. The molecule has 6 heteroatoms. The van der Waals surface area contributed by atoms with E-state index < -0.39 is 5.97 Å². The van der Waals surface area contributed by atoms with E-state index in [9.17, 15) is 19.8 Å². The fraction of sp³-hybridized carbons (Fsp3) is 0.652. The zero-order valence-electron chi connectivity index (χ0n) is 18.7. The summed E-state index contributed by atoms with van der Waals surface area (Å²) >= 11 is 0. The summed E-state index contributed by atoms with van der Waals surface area (Å²) < 4.78 is 1.28. The Morgan fingerprint density at radius 3 is 1.90 bits per heavy atom. The summed E-state index contributed by atoms with van der Waals surface area (Å²) in [4.78, 5) is 21.9. The van der Waals surface area contributed by atoms with Crippen molar-refractivity contribution in [2.45, 2.75) is 66.2 Å². The van der Waals surface area contributed by atoms with Gasteiger partial charge < -0.3 is 24.8 Å². The summed E-state index contributed by atoms with van der Waals surface area (Å²) in [5.74, 6) is -1.30. The SMILES string of the molecule is CC[N+](CC)(CC)CC.O=C([O-])CCCCCCCNC(=O)c1ccccc1O. The lowest BCUT2D eigenvalue weighted by molar-refractivity contribution is -0.921. The first-order valence-corrected chi connectivity index (χ1v) is 11.0. The van der Waals surface area contributed by atoms with Crippen LogP contribution in [0.1, 0.15) is 76.6 Å². The average molecular weight is 409 g/mol. The molecule has 0 aromatic heterocycles. The Kier molecular flexibility index (Phi) is 14.7. The van der Waals surface area contributed by atoms with Crippen molar-refractivity contribution < 1.29 is 24.3 Å². The van der Waals surface area contributed by atoms with Crippen LogP contribution in [-0.2, 0) is 4.79 Å². The van der Waals surface area contributed by atoms with Crippen molar-refractivity contribution in [2.24, 2.45) is 0 Å². The van der Waals surface area contributed by atoms with Gasteiger partial charge in [-0.25, -0.2) is 0 Å². The molecular weight excluding hydrogens is 368 g/mol. The molecule has 6 nitrogen and oxygen atoms in total. The van der Waals surface area contributed by atoms with Crippen LogP contribution in [0, 0.1) is 0 Å². The van der Waals surface area contributed by atoms with E-state index in [0.717, 1.165) is 25.7 Å². The number of rotatable bonds is 13. The Hall–Kier alpha value is -2.08. The first kappa shape index (κ1) is 26.9. The molecule has 0 atom stereocenters. The lowest BCUT2D eigenvalue weighted by Crippen LogP contribution is -2.47. The number of aromatic hydroxyl groups is 1. The number of aliphatic carboxylic acids is 1. The Labute approximate surface area is 176 Å². The Balaban J connectivity index is 0.000000734. The third-order valence-electron chi connectivity index (χ3n) is 5.68. The molecule has 1 amide bonds. The molecule has 0 aliphatic carbocycles. The van der Waals surface area contributed by atoms with Crippen molar-refractivity contribution in [3.63, 3.8) is 0 Å². The summed E-state index contributed by atoms with van der Waals surface area (Å²) in [6.45, 7) is 14.8. The summed E-state index contributed by atoms with van der Waals surface area (Å²) in [6, 6.07) is 6.42. The monoisotopic (exact) mass is 408 g/mol. The summed E-state index contributed by atoms with van der Waals surface area (Å²) in [5.41, 5.74) is 0.279. The highest BCUT2D eigenvalue weighted by atomic mass is 16.4. The van der Waals surface area contributed by atoms with Gasteiger partial charge in [-0.3, -0.25) is 4.79 Å². The van der Waals surface area contributed by atoms with Crippen LogP contribution in [0.25, 0.3) is 0 Å². The molecule has 29 heavy (non-hydrogen) atoms. The smallest absolute Gasteiger partial charge is 0.255 e. The van der Waals surface area contributed by atoms with Gasteiger partial charge in [0.1, 0.15) is 5.75 Å². The molecule has 0 aliphatic heterocycles. The molecule has 0 fully saturated rings. The van der Waals surface area contributed by atoms with Crippen LogP contribution in [-0.4, -0.2) is 54.2 Å². The molecule has 0 spiro atoms. The van der Waals surface area contributed by atoms with Crippen LogP contribution in [0.5, 0.6) is 5.75 Å². The maximum absolute atomic E-state index is 11.7. The van der Waals surface area contributed by atoms with Gasteiger partial charge in [-0.1, -0.05) is 31.4 Å². The Morgan fingerprint density at radius 2 is 1.41 bits per heavy atom. The maximum Gasteiger partial charge on any atom is 0.255 e. The first-order chi connectivity index (χ1) is 13.9. The molecule has 1 aromatic carbocycles. The third kappa shape index (κ3) is 11.5. The second kappa shape index (κ2) is 15.8. The molecule has 166 valence electrons. The van der Waals surface area contributed by atoms with Crippen LogP contribution in [0.15, 0.2) is 24.3 Å². The van der Waals surface area contributed by atoms with Gasteiger partial charge in [-0.2, -0.15) is 0 Å². The van der Waals surface area contributed by atoms with Gasteiger partial charge in [0, 0.05) is 12.5 Å². The van der Waals surface area contributed by atoms with Gasteiger partial charge in [0.2, 0.25) is 0 Å². The molecule has 0 bridgehead atoms. The minimum Gasteiger partial charge on any atom is -0.550 e. The number of nitrogens with one attached hydrogen (secondary N) is 1. The van der Waals surface area contributed by atoms with E-state index in [0.29, 0.717) is 13.0 Å². The number of carbonyl (C=O) groups excluding carboxylic acids is 2. The average Bonchev–Trinajstić information content (AvgIpc) is 2.72. The summed E-state index contributed by atoms with van der Waals surface area (Å²) in [7, 11) is 0. The fourth-order valence-electron chi connectivity index (χ4n) is 3.23. The molecule has 1 aromatic rings. The van der Waals surface area contributed by atoms with Gasteiger partial charge in [0.15, 0.2) is 0 Å². The number of hydrogen-bond donors (Lipinski definition) is 2. The number of para-hydroxylation sites is 1.